The molecule has 1 saturated heterocycles. The van der Waals surface area contributed by atoms with E-state index in [0.29, 0.717) is 43.8 Å². The van der Waals surface area contributed by atoms with Crippen LogP contribution in [0.1, 0.15) is 74.1 Å². The van der Waals surface area contributed by atoms with Gasteiger partial charge in [-0.05, 0) is 31.8 Å². The molecule has 27 heavy (non-hydrogen) atoms. The van der Waals surface area contributed by atoms with Crippen LogP contribution >= 0.6 is 0 Å². The fourth-order valence-electron chi connectivity index (χ4n) is 4.71. The number of hydrogen-bond acceptors (Lipinski definition) is 5. The third kappa shape index (κ3) is 3.76. The van der Waals surface area contributed by atoms with Crippen molar-refractivity contribution in [3.63, 3.8) is 0 Å². The SMILES string of the molecule is CCC1(O)CCC(C)=C([C@@H](O)C(=O)C(C)(C)C(O)CC2OCC2C)C1(C)C. The van der Waals surface area contributed by atoms with Gasteiger partial charge in [-0.3, -0.25) is 4.79 Å². The quantitative estimate of drug-likeness (QED) is 0.589. The second-order valence-corrected chi connectivity index (χ2v) is 9.79. The highest BCUT2D eigenvalue weighted by Crippen LogP contribution is 2.51. The maximum atomic E-state index is 13.2. The average molecular weight is 383 g/mol. The third-order valence-electron chi connectivity index (χ3n) is 7.45. The minimum Gasteiger partial charge on any atom is -0.392 e. The van der Waals surface area contributed by atoms with E-state index in [2.05, 4.69) is 6.92 Å². The van der Waals surface area contributed by atoms with Crippen LogP contribution in [0.2, 0.25) is 0 Å². The van der Waals surface area contributed by atoms with Gasteiger partial charge in [-0.15, -0.1) is 0 Å². The lowest BCUT2D eigenvalue weighted by molar-refractivity contribution is -0.153. The first-order chi connectivity index (χ1) is 12.3. The van der Waals surface area contributed by atoms with Crippen LogP contribution in [-0.4, -0.2) is 51.6 Å². The summed E-state index contributed by atoms with van der Waals surface area (Å²) in [5.41, 5.74) is -1.22. The fraction of sp³-hybridized carbons (Fsp3) is 0.864. The van der Waals surface area contributed by atoms with Crippen molar-refractivity contribution >= 4 is 5.78 Å². The smallest absolute Gasteiger partial charge is 0.173 e. The van der Waals surface area contributed by atoms with Crippen molar-refractivity contribution in [2.45, 2.75) is 98.1 Å². The van der Waals surface area contributed by atoms with Crippen LogP contribution in [0.5, 0.6) is 0 Å². The Morgan fingerprint density at radius 1 is 1.33 bits per heavy atom. The number of hydrogen-bond donors (Lipinski definition) is 3. The van der Waals surface area contributed by atoms with E-state index >= 15 is 0 Å². The molecule has 4 unspecified atom stereocenters. The van der Waals surface area contributed by atoms with Gasteiger partial charge >= 0.3 is 0 Å². The van der Waals surface area contributed by atoms with E-state index < -0.39 is 34.4 Å². The van der Waals surface area contributed by atoms with Gasteiger partial charge in [-0.2, -0.15) is 0 Å². The van der Waals surface area contributed by atoms with Gasteiger partial charge in [0.1, 0.15) is 6.10 Å². The van der Waals surface area contributed by atoms with Crippen LogP contribution in [0.3, 0.4) is 0 Å². The summed E-state index contributed by atoms with van der Waals surface area (Å²) >= 11 is 0. The first-order valence-electron chi connectivity index (χ1n) is 10.2. The predicted molar refractivity (Wildman–Crippen MR) is 105 cm³/mol. The number of allylic oxidation sites excluding steroid dienone is 1. The largest absolute Gasteiger partial charge is 0.392 e. The molecule has 0 aromatic heterocycles. The summed E-state index contributed by atoms with van der Waals surface area (Å²) in [4.78, 5) is 13.2. The first-order valence-corrected chi connectivity index (χ1v) is 10.2. The maximum Gasteiger partial charge on any atom is 0.173 e. The molecule has 0 amide bonds. The van der Waals surface area contributed by atoms with Crippen molar-refractivity contribution in [1.29, 1.82) is 0 Å². The molecule has 0 aromatic carbocycles. The monoisotopic (exact) mass is 382 g/mol. The van der Waals surface area contributed by atoms with Gasteiger partial charge in [-0.1, -0.05) is 47.1 Å². The second kappa shape index (κ2) is 7.58. The van der Waals surface area contributed by atoms with Crippen LogP contribution in [0.4, 0.5) is 0 Å². The molecule has 0 aromatic rings. The molecule has 5 nitrogen and oxygen atoms in total. The molecule has 156 valence electrons. The highest BCUT2D eigenvalue weighted by Gasteiger charge is 2.52. The van der Waals surface area contributed by atoms with Gasteiger partial charge < -0.3 is 20.1 Å². The van der Waals surface area contributed by atoms with E-state index in [1.165, 1.54) is 0 Å². The Kier molecular flexibility index (Phi) is 6.33. The fourth-order valence-corrected chi connectivity index (χ4v) is 4.71. The van der Waals surface area contributed by atoms with Crippen LogP contribution in [0.15, 0.2) is 11.1 Å². The normalized spacial score (nSPS) is 33.4. The highest BCUT2D eigenvalue weighted by molar-refractivity contribution is 5.91. The Morgan fingerprint density at radius 3 is 2.37 bits per heavy atom. The van der Waals surface area contributed by atoms with Gasteiger partial charge in [0.2, 0.25) is 0 Å². The molecule has 0 radical (unpaired) electrons. The summed E-state index contributed by atoms with van der Waals surface area (Å²) in [6, 6.07) is 0. The molecule has 1 fully saturated rings. The summed E-state index contributed by atoms with van der Waals surface area (Å²) in [7, 11) is 0. The molecule has 0 bridgehead atoms. The topological polar surface area (TPSA) is 87.0 Å². The van der Waals surface area contributed by atoms with E-state index in [-0.39, 0.29) is 6.10 Å². The Balaban J connectivity index is 2.26. The number of rotatable bonds is 7. The number of aliphatic hydroxyl groups is 3. The molecule has 5 heteroatoms. The number of Topliss-reactive ketones (excluding diaryl/α,β-unsaturated/α-hetero) is 1. The van der Waals surface area contributed by atoms with Gasteiger partial charge in [0.05, 0.1) is 29.8 Å². The summed E-state index contributed by atoms with van der Waals surface area (Å²) < 4.78 is 5.48. The summed E-state index contributed by atoms with van der Waals surface area (Å²) in [5.74, 6) is -0.0259. The molecule has 0 spiro atoms. The summed E-state index contributed by atoms with van der Waals surface area (Å²) in [6.45, 7) is 13.8. The Morgan fingerprint density at radius 2 is 1.93 bits per heavy atom. The molecular formula is C22H38O5. The summed E-state index contributed by atoms with van der Waals surface area (Å²) in [6.07, 6.45) is -0.0538. The van der Waals surface area contributed by atoms with Crippen molar-refractivity contribution in [3.05, 3.63) is 11.1 Å². The Labute approximate surface area is 163 Å². The van der Waals surface area contributed by atoms with Gasteiger partial charge in [0.25, 0.3) is 0 Å². The number of carbonyl (C=O) groups excluding carboxylic acids is 1. The lowest BCUT2D eigenvalue weighted by Gasteiger charge is -2.50. The third-order valence-corrected chi connectivity index (χ3v) is 7.45. The minimum absolute atomic E-state index is 0.0403. The van der Waals surface area contributed by atoms with Crippen LogP contribution in [0.25, 0.3) is 0 Å². The number of carbonyl (C=O) groups is 1. The number of aliphatic hydroxyl groups excluding tert-OH is 2. The first kappa shape index (κ1) is 22.5. The molecule has 0 saturated carbocycles. The highest BCUT2D eigenvalue weighted by atomic mass is 16.5. The molecule has 2 rings (SSSR count). The number of ether oxygens (including phenoxy) is 1. The van der Waals surface area contributed by atoms with Crippen molar-refractivity contribution in [2.75, 3.05) is 6.61 Å². The molecule has 5 atom stereocenters. The van der Waals surface area contributed by atoms with E-state index in [1.54, 1.807) is 13.8 Å². The molecule has 1 aliphatic heterocycles. The van der Waals surface area contributed by atoms with Crippen molar-refractivity contribution < 1.29 is 24.9 Å². The van der Waals surface area contributed by atoms with Gasteiger partial charge in [-0.25, -0.2) is 0 Å². The van der Waals surface area contributed by atoms with Gasteiger partial charge in [0, 0.05) is 17.8 Å². The zero-order chi connectivity index (χ0) is 20.8. The predicted octanol–water partition coefficient (Wildman–Crippen LogP) is 3.01. The van der Waals surface area contributed by atoms with Crippen LogP contribution in [0, 0.1) is 16.7 Å². The van der Waals surface area contributed by atoms with Crippen LogP contribution < -0.4 is 0 Å². The number of ketones is 1. The summed E-state index contributed by atoms with van der Waals surface area (Å²) in [5, 5.41) is 32.9. The van der Waals surface area contributed by atoms with Gasteiger partial charge in [0.15, 0.2) is 5.78 Å². The van der Waals surface area contributed by atoms with E-state index in [4.69, 9.17) is 4.74 Å². The van der Waals surface area contributed by atoms with E-state index in [9.17, 15) is 20.1 Å². The van der Waals surface area contributed by atoms with Crippen LogP contribution in [-0.2, 0) is 9.53 Å². The molecule has 3 N–H and O–H groups in total. The second-order valence-electron chi connectivity index (χ2n) is 9.79. The van der Waals surface area contributed by atoms with Crippen molar-refractivity contribution in [1.82, 2.24) is 0 Å². The average Bonchev–Trinajstić information content (AvgIpc) is 2.60. The molecular weight excluding hydrogens is 344 g/mol. The lowest BCUT2D eigenvalue weighted by atomic mass is 9.59. The van der Waals surface area contributed by atoms with E-state index in [0.717, 1.165) is 5.57 Å². The minimum atomic E-state index is -1.33. The van der Waals surface area contributed by atoms with Crippen molar-refractivity contribution in [2.24, 2.45) is 16.7 Å². The zero-order valence-electron chi connectivity index (χ0n) is 18.0. The maximum absolute atomic E-state index is 13.2. The van der Waals surface area contributed by atoms with E-state index in [1.807, 2.05) is 27.7 Å². The molecule has 1 aliphatic carbocycles. The molecule has 1 heterocycles. The molecule has 2 aliphatic rings. The standard InChI is InChI=1S/C22H38O5/c1-8-22(26)10-9-13(2)17(21(22,6)7)18(24)19(25)20(4,5)16(23)11-15-14(3)12-27-15/h14-16,18,23-24,26H,8-12H2,1-7H3/t14?,15?,16?,18-,22?/m1/s1. The zero-order valence-corrected chi connectivity index (χ0v) is 18.0. The Hall–Kier alpha value is -0.750. The lowest BCUT2D eigenvalue weighted by Crippen LogP contribution is -2.54. The van der Waals surface area contributed by atoms with Crippen molar-refractivity contribution in [3.8, 4) is 0 Å². The Bertz CT molecular complexity index is 606.